The van der Waals surface area contributed by atoms with Crippen LogP contribution >= 0.6 is 12.4 Å². The summed E-state index contributed by atoms with van der Waals surface area (Å²) in [5.41, 5.74) is 7.19. The van der Waals surface area contributed by atoms with Crippen molar-refractivity contribution in [2.75, 3.05) is 6.54 Å². The Morgan fingerprint density at radius 1 is 1.37 bits per heavy atom. The van der Waals surface area contributed by atoms with Gasteiger partial charge in [-0.25, -0.2) is 0 Å². The molecule has 3 rings (SSSR count). The van der Waals surface area contributed by atoms with Gasteiger partial charge in [-0.05, 0) is 25.3 Å². The molecule has 1 aromatic heterocycles. The highest BCUT2D eigenvalue weighted by Crippen LogP contribution is 2.28. The molecule has 1 amide bonds. The van der Waals surface area contributed by atoms with Crippen molar-refractivity contribution in [3.8, 4) is 0 Å². The zero-order valence-corrected chi connectivity index (χ0v) is 11.3. The lowest BCUT2D eigenvalue weighted by Crippen LogP contribution is -2.54. The fourth-order valence-electron chi connectivity index (χ4n) is 2.31. The number of fused-ring (bicyclic) bond motifs is 1. The third kappa shape index (κ3) is 2.60. The van der Waals surface area contributed by atoms with Crippen LogP contribution in [-0.2, 0) is 0 Å². The normalized spacial score (nSPS) is 16.5. The predicted molar refractivity (Wildman–Crippen MR) is 76.6 cm³/mol. The van der Waals surface area contributed by atoms with Crippen molar-refractivity contribution in [1.82, 2.24) is 5.32 Å². The van der Waals surface area contributed by atoms with Crippen LogP contribution in [0.25, 0.3) is 11.0 Å². The highest BCUT2D eigenvalue weighted by atomic mass is 35.5. The lowest BCUT2D eigenvalue weighted by atomic mass is 9.78. The zero-order valence-electron chi connectivity index (χ0n) is 10.5. The van der Waals surface area contributed by atoms with Crippen molar-refractivity contribution in [2.45, 2.75) is 24.8 Å². The minimum Gasteiger partial charge on any atom is -0.463 e. The molecule has 0 radical (unpaired) electrons. The maximum absolute atomic E-state index is 12.1. The van der Waals surface area contributed by atoms with Gasteiger partial charge in [0.2, 0.25) is 0 Å². The SMILES string of the molecule is Cl.NC1(CNC(=O)c2coc3ccccc23)CCC1. The smallest absolute Gasteiger partial charge is 0.255 e. The van der Waals surface area contributed by atoms with E-state index in [0.717, 1.165) is 30.2 Å². The first-order chi connectivity index (χ1) is 8.68. The van der Waals surface area contributed by atoms with E-state index in [-0.39, 0.29) is 23.9 Å². The van der Waals surface area contributed by atoms with Crippen LogP contribution in [0.3, 0.4) is 0 Å². The molecule has 102 valence electrons. The Balaban J connectivity index is 0.00000133. The zero-order chi connectivity index (χ0) is 12.6. The number of carbonyl (C=O) groups excluding carboxylic acids is 1. The summed E-state index contributed by atoms with van der Waals surface area (Å²) in [6, 6.07) is 7.51. The Morgan fingerprint density at radius 2 is 2.11 bits per heavy atom. The van der Waals surface area contributed by atoms with Crippen molar-refractivity contribution in [3.63, 3.8) is 0 Å². The summed E-state index contributed by atoms with van der Waals surface area (Å²) in [5, 5.41) is 3.74. The number of halogens is 1. The van der Waals surface area contributed by atoms with E-state index in [1.54, 1.807) is 0 Å². The number of nitrogens with one attached hydrogen (secondary N) is 1. The van der Waals surface area contributed by atoms with Crippen LogP contribution in [0.5, 0.6) is 0 Å². The average molecular weight is 281 g/mol. The average Bonchev–Trinajstić information content (AvgIpc) is 2.77. The molecule has 1 aliphatic rings. The largest absolute Gasteiger partial charge is 0.463 e. The molecule has 1 saturated carbocycles. The molecule has 4 nitrogen and oxygen atoms in total. The van der Waals surface area contributed by atoms with Gasteiger partial charge < -0.3 is 15.5 Å². The van der Waals surface area contributed by atoms with Crippen LogP contribution in [0.2, 0.25) is 0 Å². The van der Waals surface area contributed by atoms with Gasteiger partial charge in [0.1, 0.15) is 11.8 Å². The molecular formula is C14H17ClN2O2. The first-order valence-corrected chi connectivity index (χ1v) is 6.21. The van der Waals surface area contributed by atoms with Gasteiger partial charge in [-0.15, -0.1) is 12.4 Å². The van der Waals surface area contributed by atoms with Crippen LogP contribution < -0.4 is 11.1 Å². The van der Waals surface area contributed by atoms with Gasteiger partial charge in [-0.2, -0.15) is 0 Å². The Morgan fingerprint density at radius 3 is 2.79 bits per heavy atom. The fourth-order valence-corrected chi connectivity index (χ4v) is 2.31. The number of amides is 1. The van der Waals surface area contributed by atoms with Gasteiger partial charge in [0.15, 0.2) is 0 Å². The van der Waals surface area contributed by atoms with Gasteiger partial charge in [0, 0.05) is 17.5 Å². The standard InChI is InChI=1S/C14H16N2O2.ClH/c15-14(6-3-7-14)9-16-13(17)11-8-18-12-5-2-1-4-10(11)12;/h1-2,4-5,8H,3,6-7,9,15H2,(H,16,17);1H. The third-order valence-corrected chi connectivity index (χ3v) is 3.68. The molecule has 0 atom stereocenters. The molecule has 1 aromatic carbocycles. The van der Waals surface area contributed by atoms with Gasteiger partial charge in [0.05, 0.1) is 5.56 Å². The number of hydrogen-bond acceptors (Lipinski definition) is 3. The van der Waals surface area contributed by atoms with E-state index in [2.05, 4.69) is 5.32 Å². The van der Waals surface area contributed by atoms with E-state index < -0.39 is 0 Å². The number of nitrogens with two attached hydrogens (primary N) is 1. The van der Waals surface area contributed by atoms with Gasteiger partial charge in [-0.1, -0.05) is 18.2 Å². The van der Waals surface area contributed by atoms with Gasteiger partial charge in [0.25, 0.3) is 5.91 Å². The monoisotopic (exact) mass is 280 g/mol. The molecule has 0 unspecified atom stereocenters. The van der Waals surface area contributed by atoms with Crippen molar-refractivity contribution in [2.24, 2.45) is 5.73 Å². The Bertz CT molecular complexity index is 590. The van der Waals surface area contributed by atoms with Crippen molar-refractivity contribution >= 4 is 29.3 Å². The minimum atomic E-state index is -0.199. The molecule has 0 aliphatic heterocycles. The molecule has 0 spiro atoms. The first-order valence-electron chi connectivity index (χ1n) is 6.21. The molecule has 1 heterocycles. The summed E-state index contributed by atoms with van der Waals surface area (Å²) in [4.78, 5) is 12.1. The third-order valence-electron chi connectivity index (χ3n) is 3.68. The number of benzene rings is 1. The maximum Gasteiger partial charge on any atom is 0.255 e. The van der Waals surface area contributed by atoms with E-state index in [4.69, 9.17) is 10.2 Å². The second-order valence-corrected chi connectivity index (χ2v) is 5.04. The summed E-state index contributed by atoms with van der Waals surface area (Å²) in [5.74, 6) is -0.114. The number of carbonyl (C=O) groups is 1. The Hall–Kier alpha value is -1.52. The summed E-state index contributed by atoms with van der Waals surface area (Å²) in [7, 11) is 0. The molecular weight excluding hydrogens is 264 g/mol. The van der Waals surface area contributed by atoms with E-state index in [1.807, 2.05) is 24.3 Å². The van der Waals surface area contributed by atoms with Crippen molar-refractivity contribution < 1.29 is 9.21 Å². The molecule has 2 aromatic rings. The highest BCUT2D eigenvalue weighted by Gasteiger charge is 2.32. The van der Waals surface area contributed by atoms with E-state index in [9.17, 15) is 4.79 Å². The van der Waals surface area contributed by atoms with Crippen LogP contribution in [-0.4, -0.2) is 18.0 Å². The van der Waals surface area contributed by atoms with Crippen molar-refractivity contribution in [1.29, 1.82) is 0 Å². The topological polar surface area (TPSA) is 68.3 Å². The Labute approximate surface area is 117 Å². The number of rotatable bonds is 3. The second-order valence-electron chi connectivity index (χ2n) is 5.04. The van der Waals surface area contributed by atoms with Gasteiger partial charge in [-0.3, -0.25) is 4.79 Å². The summed E-state index contributed by atoms with van der Waals surface area (Å²) in [6.07, 6.45) is 4.63. The molecule has 1 aliphatic carbocycles. The number of furan rings is 1. The van der Waals surface area contributed by atoms with Crippen molar-refractivity contribution in [3.05, 3.63) is 36.1 Å². The van der Waals surface area contributed by atoms with Crippen LogP contribution in [0.15, 0.2) is 34.9 Å². The predicted octanol–water partition coefficient (Wildman–Crippen LogP) is 2.47. The van der Waals surface area contributed by atoms with Crippen LogP contribution in [0.1, 0.15) is 29.6 Å². The minimum absolute atomic E-state index is 0. The van der Waals surface area contributed by atoms with Crippen LogP contribution in [0, 0.1) is 0 Å². The first kappa shape index (κ1) is 13.9. The van der Waals surface area contributed by atoms with E-state index in [1.165, 1.54) is 6.26 Å². The number of para-hydroxylation sites is 1. The molecule has 3 N–H and O–H groups in total. The molecule has 0 bridgehead atoms. The fraction of sp³-hybridized carbons (Fsp3) is 0.357. The molecule has 19 heavy (non-hydrogen) atoms. The van der Waals surface area contributed by atoms with E-state index in [0.29, 0.717) is 12.1 Å². The molecule has 0 saturated heterocycles. The maximum atomic E-state index is 12.1. The Kier molecular flexibility index (Phi) is 3.83. The lowest BCUT2D eigenvalue weighted by molar-refractivity contribution is 0.0930. The highest BCUT2D eigenvalue weighted by molar-refractivity contribution is 6.05. The quantitative estimate of drug-likeness (QED) is 0.907. The van der Waals surface area contributed by atoms with Gasteiger partial charge >= 0.3 is 0 Å². The molecule has 1 fully saturated rings. The summed E-state index contributed by atoms with van der Waals surface area (Å²) < 4.78 is 5.35. The van der Waals surface area contributed by atoms with E-state index >= 15 is 0 Å². The second kappa shape index (κ2) is 5.23. The number of hydrogen-bond donors (Lipinski definition) is 2. The lowest BCUT2D eigenvalue weighted by Gasteiger charge is -2.38. The summed E-state index contributed by atoms with van der Waals surface area (Å²) in [6.45, 7) is 0.533. The van der Waals surface area contributed by atoms with Crippen LogP contribution in [0.4, 0.5) is 0 Å². The molecule has 5 heteroatoms. The summed E-state index contributed by atoms with van der Waals surface area (Å²) >= 11 is 0.